The number of quaternary nitrogens is 1. The van der Waals surface area contributed by atoms with Crippen LogP contribution in [0, 0.1) is 0 Å². The third-order valence-electron chi connectivity index (χ3n) is 8.98. The van der Waals surface area contributed by atoms with Crippen molar-refractivity contribution >= 4 is 13.8 Å². The smallest absolute Gasteiger partial charge is 0.472 e. The molecule has 2 N–H and O–H groups in total. The second-order valence-corrected chi connectivity index (χ2v) is 17.1. The maximum atomic E-state index is 12.5. The zero-order chi connectivity index (χ0) is 41.4. The summed E-state index contributed by atoms with van der Waals surface area (Å²) in [5.41, 5.74) is 0. The van der Waals surface area contributed by atoms with Crippen molar-refractivity contribution in [3.63, 3.8) is 0 Å². The van der Waals surface area contributed by atoms with E-state index in [2.05, 4.69) is 50.3 Å². The number of aliphatic hydroxyl groups is 1. The van der Waals surface area contributed by atoms with E-state index in [4.69, 9.17) is 18.5 Å². The Kier molecular flexibility index (Phi) is 36.7. The van der Waals surface area contributed by atoms with E-state index < -0.39 is 26.0 Å². The Morgan fingerprint density at radius 1 is 0.679 bits per heavy atom. The Bertz CT molecular complexity index is 1140. The molecule has 0 bridgehead atoms. The summed E-state index contributed by atoms with van der Waals surface area (Å²) in [6, 6.07) is 0. The van der Waals surface area contributed by atoms with E-state index in [9.17, 15) is 19.4 Å². The van der Waals surface area contributed by atoms with Crippen LogP contribution in [0.5, 0.6) is 0 Å². The summed E-state index contributed by atoms with van der Waals surface area (Å²) in [6.45, 7) is 4.56. The van der Waals surface area contributed by atoms with Crippen LogP contribution in [-0.2, 0) is 27.9 Å². The van der Waals surface area contributed by atoms with Crippen LogP contribution in [0.3, 0.4) is 0 Å². The number of phosphoric acid groups is 1. The fourth-order valence-electron chi connectivity index (χ4n) is 5.51. The number of esters is 1. The molecule has 9 nitrogen and oxygen atoms in total. The minimum atomic E-state index is -4.31. The van der Waals surface area contributed by atoms with Crippen LogP contribution in [0.4, 0.5) is 0 Å². The van der Waals surface area contributed by atoms with Crippen LogP contribution in [0.1, 0.15) is 155 Å². The number of likely N-dealkylation sites (N-methyl/N-ethyl adjacent to an activating group) is 1. The first-order chi connectivity index (χ1) is 27.0. The fraction of sp³-hybridized carbons (Fsp3) is 0.717. The van der Waals surface area contributed by atoms with Gasteiger partial charge in [0, 0.05) is 6.42 Å². The summed E-state index contributed by atoms with van der Waals surface area (Å²) in [5, 5.41) is 10.3. The van der Waals surface area contributed by atoms with Crippen LogP contribution in [0.25, 0.3) is 0 Å². The van der Waals surface area contributed by atoms with E-state index in [1.165, 1.54) is 83.5 Å². The molecule has 0 aliphatic carbocycles. The van der Waals surface area contributed by atoms with Crippen LogP contribution in [0.2, 0.25) is 0 Å². The van der Waals surface area contributed by atoms with E-state index in [1.807, 2.05) is 45.4 Å². The van der Waals surface area contributed by atoms with Gasteiger partial charge in [-0.2, -0.15) is 0 Å². The minimum Gasteiger partial charge on any atom is -0.492 e. The number of unbranched alkanes of at least 4 members (excludes halogenated alkanes) is 14. The normalized spacial score (nSPS) is 15.0. The topological polar surface area (TPSA) is 112 Å². The summed E-state index contributed by atoms with van der Waals surface area (Å²) in [6.07, 6.45) is 46.4. The van der Waals surface area contributed by atoms with E-state index >= 15 is 0 Å². The lowest BCUT2D eigenvalue weighted by Gasteiger charge is -2.24. The van der Waals surface area contributed by atoms with Crippen LogP contribution >= 0.6 is 7.82 Å². The van der Waals surface area contributed by atoms with Crippen molar-refractivity contribution in [1.82, 2.24) is 0 Å². The molecule has 10 heteroatoms. The first kappa shape index (κ1) is 53.7. The molecule has 0 amide bonds. The van der Waals surface area contributed by atoms with E-state index in [1.54, 1.807) is 12.3 Å². The van der Waals surface area contributed by atoms with Crippen LogP contribution in [0.15, 0.2) is 73.1 Å². The minimum absolute atomic E-state index is 0.0569. The van der Waals surface area contributed by atoms with Gasteiger partial charge in [0.05, 0.1) is 40.1 Å². The first-order valence-corrected chi connectivity index (χ1v) is 23.3. The predicted octanol–water partition coefficient (Wildman–Crippen LogP) is 12.0. The third-order valence-corrected chi connectivity index (χ3v) is 9.96. The molecular weight excluding hydrogens is 725 g/mol. The zero-order valence-corrected chi connectivity index (χ0v) is 37.1. The number of carbonyl (C=O) groups excluding carboxylic acids is 1. The first-order valence-electron chi connectivity index (χ1n) is 21.8. The van der Waals surface area contributed by atoms with Crippen LogP contribution < -0.4 is 0 Å². The number of ether oxygens (including phenoxy) is 2. The molecule has 0 aromatic rings. The Balaban J connectivity index is 4.49. The van der Waals surface area contributed by atoms with Gasteiger partial charge in [-0.25, -0.2) is 4.57 Å². The number of allylic oxidation sites excluding steroid dienone is 10. The highest BCUT2D eigenvalue weighted by atomic mass is 31.2. The Hall–Kier alpha value is -2.26. The molecule has 2 unspecified atom stereocenters. The van der Waals surface area contributed by atoms with Crippen LogP contribution in [-0.4, -0.2) is 80.2 Å². The zero-order valence-electron chi connectivity index (χ0n) is 36.2. The largest absolute Gasteiger partial charge is 0.492 e. The Morgan fingerprint density at radius 3 is 1.80 bits per heavy atom. The predicted molar refractivity (Wildman–Crippen MR) is 234 cm³/mol. The summed E-state index contributed by atoms with van der Waals surface area (Å²) in [7, 11) is 1.56. The molecule has 0 saturated carbocycles. The van der Waals surface area contributed by atoms with Crippen molar-refractivity contribution in [2.45, 2.75) is 167 Å². The quantitative estimate of drug-likeness (QED) is 0.0120. The number of hydrogen-bond donors (Lipinski definition) is 2. The second kappa shape index (κ2) is 38.3. The molecule has 0 heterocycles. The van der Waals surface area contributed by atoms with Crippen molar-refractivity contribution in [3.05, 3.63) is 73.1 Å². The number of hydrogen-bond acceptors (Lipinski definition) is 7. The highest BCUT2D eigenvalue weighted by Gasteiger charge is 2.25. The maximum absolute atomic E-state index is 12.5. The lowest BCUT2D eigenvalue weighted by Crippen LogP contribution is -2.37. The van der Waals surface area contributed by atoms with Crippen molar-refractivity contribution in [2.75, 3.05) is 47.5 Å². The SMILES string of the molecule is CC/C=C\C/C=C\C/C=C\C/C=C\C=C\C(O)CCCC(=O)OC[C@H](COP(=O)(O)OCC[N+](C)(C)C)O/C=C/CCCCCCCCCCCCCCCC. The number of aliphatic hydroxyl groups excluding tert-OH is 1. The highest BCUT2D eigenvalue weighted by molar-refractivity contribution is 7.47. The average Bonchev–Trinajstić information content (AvgIpc) is 3.14. The van der Waals surface area contributed by atoms with Gasteiger partial charge in [0.15, 0.2) is 6.10 Å². The maximum Gasteiger partial charge on any atom is 0.472 e. The van der Waals surface area contributed by atoms with Crippen molar-refractivity contribution in [3.8, 4) is 0 Å². The van der Waals surface area contributed by atoms with Gasteiger partial charge >= 0.3 is 13.8 Å². The monoisotopic (exact) mass is 809 g/mol. The van der Waals surface area contributed by atoms with Gasteiger partial charge in [-0.1, -0.05) is 158 Å². The number of rotatable bonds is 39. The lowest BCUT2D eigenvalue weighted by atomic mass is 10.0. The molecule has 0 aromatic heterocycles. The number of phosphoric ester groups is 1. The van der Waals surface area contributed by atoms with Crippen molar-refractivity contribution < 1.29 is 42.4 Å². The Morgan fingerprint density at radius 2 is 1.23 bits per heavy atom. The third kappa shape index (κ3) is 41.4. The van der Waals surface area contributed by atoms with Crippen molar-refractivity contribution in [1.29, 1.82) is 0 Å². The molecule has 56 heavy (non-hydrogen) atoms. The molecule has 0 spiro atoms. The summed E-state index contributed by atoms with van der Waals surface area (Å²) >= 11 is 0. The fourth-order valence-corrected chi connectivity index (χ4v) is 6.25. The van der Waals surface area contributed by atoms with Crippen molar-refractivity contribution in [2.24, 2.45) is 0 Å². The summed E-state index contributed by atoms with van der Waals surface area (Å²) < 4.78 is 34.6. The molecule has 324 valence electrons. The number of carbonyl (C=O) groups is 1. The summed E-state index contributed by atoms with van der Waals surface area (Å²) in [5.74, 6) is -0.438. The molecule has 0 saturated heterocycles. The highest BCUT2D eigenvalue weighted by Crippen LogP contribution is 2.43. The summed E-state index contributed by atoms with van der Waals surface area (Å²) in [4.78, 5) is 22.7. The molecule has 0 aromatic carbocycles. The molecule has 0 aliphatic heterocycles. The van der Waals surface area contributed by atoms with Gasteiger partial charge in [0.2, 0.25) is 0 Å². The van der Waals surface area contributed by atoms with Gasteiger partial charge in [-0.15, -0.1) is 0 Å². The van der Waals surface area contributed by atoms with E-state index in [0.717, 1.165) is 38.5 Å². The standard InChI is InChI=1S/C46H82NO8P/c1-6-8-10-12-14-16-18-20-21-22-24-26-28-30-32-34-40-52-45(43-55-56(50,51)54-41-39-47(3,4)5)42-53-46(49)38-35-37-44(48)36-33-31-29-27-25-23-19-17-15-13-11-9-7-2/h9,11,15,17,23,25,29,31,33-34,36,40,44-45,48H,6-8,10,12-14,16,18-22,24,26-28,30,32,35,37-39,41-43H2,1-5H3/p+1/b11-9-,17-15-,25-23-,31-29-,36-33+,40-34+/t44?,45-/m1/s1. The average molecular weight is 809 g/mol. The molecular formula is C46H83NO8P+. The van der Waals surface area contributed by atoms with E-state index in [0.29, 0.717) is 23.9 Å². The molecule has 3 atom stereocenters. The van der Waals surface area contributed by atoms with Gasteiger partial charge < -0.3 is 24.0 Å². The number of nitrogens with zero attached hydrogens (tertiary/aromatic N) is 1. The van der Waals surface area contributed by atoms with Gasteiger partial charge in [-0.3, -0.25) is 13.8 Å². The van der Waals surface area contributed by atoms with Gasteiger partial charge in [-0.05, 0) is 57.4 Å². The second-order valence-electron chi connectivity index (χ2n) is 15.6. The molecule has 0 rings (SSSR count). The molecule has 0 fully saturated rings. The Labute approximate surface area is 343 Å². The van der Waals surface area contributed by atoms with E-state index in [-0.39, 0.29) is 26.2 Å². The van der Waals surface area contributed by atoms with Gasteiger partial charge in [0.1, 0.15) is 19.8 Å². The van der Waals surface area contributed by atoms with Gasteiger partial charge in [0.25, 0.3) is 0 Å². The lowest BCUT2D eigenvalue weighted by molar-refractivity contribution is -0.870. The molecule has 0 aliphatic rings. The molecule has 0 radical (unpaired) electrons.